The molecule has 0 radical (unpaired) electrons. The van der Waals surface area contributed by atoms with Crippen LogP contribution in [-0.2, 0) is 59.4 Å². The lowest BCUT2D eigenvalue weighted by molar-refractivity contribution is -0.133. The monoisotopic (exact) mass is 604 g/mol. The van der Waals surface area contributed by atoms with Gasteiger partial charge in [-0.1, -0.05) is 94.5 Å². The maximum atomic E-state index is 12.2. The number of benzene rings is 2. The molecule has 0 heterocycles. The number of ether oxygens (including phenoxy) is 2. The molecule has 0 aliphatic carbocycles. The van der Waals surface area contributed by atoms with Crippen LogP contribution in [0, 0.1) is 0 Å². The minimum Gasteiger partial charge on any atom is -0.464 e. The summed E-state index contributed by atoms with van der Waals surface area (Å²) in [5.74, 6) is -2.61. The largest absolute Gasteiger partial charge is 0.464 e. The Kier molecular flexibility index (Phi) is 12.6. The molecule has 2 aromatic rings. The lowest BCUT2D eigenvalue weighted by Gasteiger charge is -2.07. The van der Waals surface area contributed by atoms with E-state index >= 15 is 0 Å². The Balaban J connectivity index is 1.98. The highest BCUT2D eigenvalue weighted by molar-refractivity contribution is 8.18. The fourth-order valence-corrected chi connectivity index (χ4v) is 5.90. The first-order chi connectivity index (χ1) is 18.0. The van der Waals surface area contributed by atoms with E-state index in [4.69, 9.17) is 0 Å². The van der Waals surface area contributed by atoms with Crippen molar-refractivity contribution in [2.75, 3.05) is 25.7 Å². The first kappa shape index (κ1) is 31.1. The van der Waals surface area contributed by atoms with Gasteiger partial charge in [0.25, 0.3) is 0 Å². The molecule has 0 N–H and O–H groups in total. The average Bonchev–Trinajstić information content (AvgIpc) is 2.89. The van der Waals surface area contributed by atoms with Crippen molar-refractivity contribution in [3.8, 4) is 0 Å². The summed E-state index contributed by atoms with van der Waals surface area (Å²) >= 11 is 1.57. The molecule has 2 aromatic carbocycles. The Morgan fingerprint density at radius 3 is 1.32 bits per heavy atom. The van der Waals surface area contributed by atoms with Crippen molar-refractivity contribution >= 4 is 65.8 Å². The summed E-state index contributed by atoms with van der Waals surface area (Å²) in [6.45, 7) is 0. The van der Waals surface area contributed by atoms with E-state index in [1.807, 2.05) is 0 Å². The van der Waals surface area contributed by atoms with Gasteiger partial charge in [-0.05, 0) is 11.1 Å². The molecular formula is C22H24N2O10S4. The standard InChI is InChI=1S/C22H24N2O10S4/c1-31-21(25)19(23-33-37(27,28)15-17-9-5-3-6-10-17)35-13-14-36-20(22(26)32-2)24-34-38(29,30)16-18-11-7-4-8-12-18/h3-12H,13-16H2,1-2H3/b23-19-,24-20-. The van der Waals surface area contributed by atoms with Crippen LogP contribution in [0.2, 0.25) is 0 Å². The SMILES string of the molecule is COC(=O)/C(=N/OS(=O)(=O)Cc1ccccc1)SCCS/C(=N\OS(=O)(=O)Cc1ccccc1)C(=O)OC. The topological polar surface area (TPSA) is 164 Å². The van der Waals surface area contributed by atoms with Gasteiger partial charge in [0.1, 0.15) is 11.5 Å². The second kappa shape index (κ2) is 15.4. The summed E-state index contributed by atoms with van der Waals surface area (Å²) in [5, 5.41) is 6.07. The maximum Gasteiger partial charge on any atom is 0.366 e. The summed E-state index contributed by atoms with van der Waals surface area (Å²) in [4.78, 5) is 24.0. The van der Waals surface area contributed by atoms with E-state index < -0.39 is 43.7 Å². The lowest BCUT2D eigenvalue weighted by atomic mass is 10.2. The number of carbonyl (C=O) groups is 2. The molecule has 12 nitrogen and oxygen atoms in total. The van der Waals surface area contributed by atoms with E-state index in [-0.39, 0.29) is 21.6 Å². The fraction of sp³-hybridized carbons (Fsp3) is 0.273. The van der Waals surface area contributed by atoms with Crippen molar-refractivity contribution in [1.29, 1.82) is 0 Å². The number of oxime groups is 2. The van der Waals surface area contributed by atoms with E-state index in [1.54, 1.807) is 60.7 Å². The van der Waals surface area contributed by atoms with Gasteiger partial charge in [-0.25, -0.2) is 9.59 Å². The molecule has 0 fully saturated rings. The summed E-state index contributed by atoms with van der Waals surface area (Å²) < 4.78 is 67.2. The molecule has 0 aliphatic rings. The van der Waals surface area contributed by atoms with E-state index in [0.717, 1.165) is 37.7 Å². The number of hydrogen-bond acceptors (Lipinski definition) is 14. The number of thioether (sulfide) groups is 2. The number of methoxy groups -OCH3 is 2. The zero-order valence-corrected chi connectivity index (χ0v) is 23.5. The minimum absolute atomic E-state index is 0.0907. The molecule has 0 aliphatic heterocycles. The van der Waals surface area contributed by atoms with Crippen LogP contribution in [-0.4, -0.2) is 64.6 Å². The lowest BCUT2D eigenvalue weighted by Crippen LogP contribution is -2.17. The Labute approximate surface area is 229 Å². The third kappa shape index (κ3) is 11.5. The van der Waals surface area contributed by atoms with Crippen molar-refractivity contribution in [2.45, 2.75) is 11.5 Å². The second-order valence-electron chi connectivity index (χ2n) is 7.00. The number of carbonyl (C=O) groups excluding carboxylic acids is 2. The van der Waals surface area contributed by atoms with Crippen LogP contribution in [0.1, 0.15) is 11.1 Å². The molecule has 2 rings (SSSR count). The van der Waals surface area contributed by atoms with Crippen molar-refractivity contribution in [3.63, 3.8) is 0 Å². The molecule has 0 unspecified atom stereocenters. The Hall–Kier alpha value is -3.08. The fourth-order valence-electron chi connectivity index (χ4n) is 2.49. The van der Waals surface area contributed by atoms with E-state index in [0.29, 0.717) is 11.1 Å². The highest BCUT2D eigenvalue weighted by Gasteiger charge is 2.21. The van der Waals surface area contributed by atoms with Gasteiger partial charge in [-0.2, -0.15) is 16.8 Å². The predicted molar refractivity (Wildman–Crippen MR) is 144 cm³/mol. The first-order valence-electron chi connectivity index (χ1n) is 10.5. The zero-order chi connectivity index (χ0) is 28.0. The number of esters is 2. The van der Waals surface area contributed by atoms with Crippen LogP contribution in [0.5, 0.6) is 0 Å². The summed E-state index contributed by atoms with van der Waals surface area (Å²) in [6.07, 6.45) is 0. The quantitative estimate of drug-likeness (QED) is 0.121. The highest BCUT2D eigenvalue weighted by Crippen LogP contribution is 2.16. The molecule has 0 bridgehead atoms. The smallest absolute Gasteiger partial charge is 0.366 e. The van der Waals surface area contributed by atoms with Crippen LogP contribution in [0.25, 0.3) is 0 Å². The van der Waals surface area contributed by atoms with Crippen molar-refractivity contribution in [3.05, 3.63) is 71.8 Å². The Morgan fingerprint density at radius 2 is 1.00 bits per heavy atom. The van der Waals surface area contributed by atoms with Gasteiger partial charge in [-0.15, -0.1) is 0 Å². The molecule has 0 spiro atoms. The molecule has 0 saturated heterocycles. The first-order valence-corrected chi connectivity index (χ1v) is 15.7. The van der Waals surface area contributed by atoms with Gasteiger partial charge in [-0.3, -0.25) is 8.57 Å². The van der Waals surface area contributed by atoms with Crippen LogP contribution < -0.4 is 0 Å². The van der Waals surface area contributed by atoms with Crippen molar-refractivity contribution in [1.82, 2.24) is 0 Å². The normalized spacial score (nSPS) is 12.5. The predicted octanol–water partition coefficient (Wildman–Crippen LogP) is 2.52. The van der Waals surface area contributed by atoms with Crippen LogP contribution in [0.3, 0.4) is 0 Å². The van der Waals surface area contributed by atoms with Crippen molar-refractivity contribution < 1.29 is 44.5 Å². The summed E-state index contributed by atoms with van der Waals surface area (Å²) in [5.41, 5.74) is 0.933. The highest BCUT2D eigenvalue weighted by atomic mass is 32.2. The van der Waals surface area contributed by atoms with Gasteiger partial charge >= 0.3 is 32.2 Å². The number of rotatable bonds is 11. The number of hydrogen-bond donors (Lipinski definition) is 0. The minimum atomic E-state index is -4.14. The molecular weight excluding hydrogens is 581 g/mol. The zero-order valence-electron chi connectivity index (χ0n) is 20.2. The van der Waals surface area contributed by atoms with Crippen LogP contribution in [0.4, 0.5) is 0 Å². The summed E-state index contributed by atoms with van der Waals surface area (Å²) in [6, 6.07) is 16.5. The third-order valence-electron chi connectivity index (χ3n) is 4.12. The Bertz CT molecular complexity index is 1240. The number of nitrogens with zero attached hydrogens (tertiary/aromatic N) is 2. The van der Waals surface area contributed by atoms with E-state index in [9.17, 15) is 26.4 Å². The summed E-state index contributed by atoms with van der Waals surface area (Å²) in [7, 11) is -6.11. The molecule has 16 heteroatoms. The van der Waals surface area contributed by atoms with E-state index in [2.05, 4.69) is 28.4 Å². The van der Waals surface area contributed by atoms with Gasteiger partial charge in [0.2, 0.25) is 10.1 Å². The molecule has 0 amide bonds. The average molecular weight is 605 g/mol. The molecule has 0 saturated carbocycles. The van der Waals surface area contributed by atoms with E-state index in [1.165, 1.54) is 0 Å². The van der Waals surface area contributed by atoms with Crippen molar-refractivity contribution in [2.24, 2.45) is 10.3 Å². The molecule has 38 heavy (non-hydrogen) atoms. The van der Waals surface area contributed by atoms with Gasteiger partial charge < -0.3 is 9.47 Å². The van der Waals surface area contributed by atoms with Gasteiger partial charge in [0.05, 0.1) is 14.2 Å². The third-order valence-corrected chi connectivity index (χ3v) is 8.20. The molecule has 0 aromatic heterocycles. The molecule has 0 atom stereocenters. The molecule has 206 valence electrons. The van der Waals surface area contributed by atoms with Gasteiger partial charge in [0.15, 0.2) is 0 Å². The second-order valence-corrected chi connectivity index (χ2v) is 12.3. The van der Waals surface area contributed by atoms with Crippen LogP contribution in [0.15, 0.2) is 71.0 Å². The van der Waals surface area contributed by atoms with Gasteiger partial charge in [0, 0.05) is 11.5 Å². The van der Waals surface area contributed by atoms with Crippen LogP contribution >= 0.6 is 23.5 Å². The Morgan fingerprint density at radius 1 is 0.658 bits per heavy atom. The maximum absolute atomic E-state index is 12.2.